The number of rotatable bonds is 10. The average molecular weight is 310 g/mol. The van der Waals surface area contributed by atoms with Gasteiger partial charge in [-0.25, -0.2) is 13.1 Å². The number of ether oxygens (including phenoxy) is 1. The Morgan fingerprint density at radius 3 is 2.57 bits per heavy atom. The van der Waals surface area contributed by atoms with Crippen LogP contribution < -0.4 is 10.0 Å². The van der Waals surface area contributed by atoms with Gasteiger partial charge in [-0.3, -0.25) is 0 Å². The summed E-state index contributed by atoms with van der Waals surface area (Å²) >= 11 is 0. The topological polar surface area (TPSA) is 67.4 Å². The molecule has 1 aromatic rings. The maximum atomic E-state index is 12.0. The van der Waals surface area contributed by atoms with Crippen LogP contribution in [0.2, 0.25) is 0 Å². The summed E-state index contributed by atoms with van der Waals surface area (Å²) in [5.41, 5.74) is 0.882. The molecule has 1 fully saturated rings. The van der Waals surface area contributed by atoms with Gasteiger partial charge in [-0.1, -0.05) is 6.08 Å². The Bertz CT molecular complexity index is 551. The highest BCUT2D eigenvalue weighted by atomic mass is 32.2. The minimum Gasteiger partial charge on any atom is -0.383 e. The zero-order valence-corrected chi connectivity index (χ0v) is 12.9. The van der Waals surface area contributed by atoms with Gasteiger partial charge < -0.3 is 10.1 Å². The molecule has 0 atom stereocenters. The van der Waals surface area contributed by atoms with Gasteiger partial charge in [-0.05, 0) is 43.5 Å². The molecule has 0 unspecified atom stereocenters. The Hall–Kier alpha value is -1.37. The number of benzene rings is 1. The first-order valence-electron chi connectivity index (χ1n) is 7.17. The summed E-state index contributed by atoms with van der Waals surface area (Å²) < 4.78 is 32.0. The van der Waals surface area contributed by atoms with E-state index in [2.05, 4.69) is 16.6 Å². The van der Waals surface area contributed by atoms with E-state index in [4.69, 9.17) is 4.74 Å². The molecule has 116 valence electrons. The van der Waals surface area contributed by atoms with Crippen LogP contribution in [0.4, 0.5) is 5.69 Å². The van der Waals surface area contributed by atoms with Crippen molar-refractivity contribution in [3.05, 3.63) is 36.9 Å². The molecule has 0 aromatic heterocycles. The lowest BCUT2D eigenvalue weighted by Crippen LogP contribution is -2.25. The van der Waals surface area contributed by atoms with Crippen molar-refractivity contribution in [3.63, 3.8) is 0 Å². The number of anilines is 1. The number of sulfonamides is 1. The van der Waals surface area contributed by atoms with Gasteiger partial charge in [-0.2, -0.15) is 0 Å². The van der Waals surface area contributed by atoms with E-state index in [-0.39, 0.29) is 6.04 Å². The van der Waals surface area contributed by atoms with E-state index in [9.17, 15) is 8.42 Å². The first kappa shape index (κ1) is 16.0. The monoisotopic (exact) mass is 310 g/mol. The molecule has 0 saturated heterocycles. The third-order valence-corrected chi connectivity index (χ3v) is 4.64. The van der Waals surface area contributed by atoms with E-state index in [1.807, 2.05) is 6.08 Å². The highest BCUT2D eigenvalue weighted by molar-refractivity contribution is 7.89. The Balaban J connectivity index is 1.77. The summed E-state index contributed by atoms with van der Waals surface area (Å²) in [6.07, 6.45) is 4.54. The number of hydrogen-bond acceptors (Lipinski definition) is 4. The zero-order chi connectivity index (χ0) is 15.1. The lowest BCUT2D eigenvalue weighted by Gasteiger charge is -2.09. The van der Waals surface area contributed by atoms with Crippen molar-refractivity contribution in [2.24, 2.45) is 0 Å². The zero-order valence-electron chi connectivity index (χ0n) is 12.0. The van der Waals surface area contributed by atoms with Crippen LogP contribution in [0.3, 0.4) is 0 Å². The second kappa shape index (κ2) is 7.59. The largest absolute Gasteiger partial charge is 0.383 e. The average Bonchev–Trinajstić information content (AvgIpc) is 3.26. The first-order chi connectivity index (χ1) is 10.1. The van der Waals surface area contributed by atoms with Crippen LogP contribution >= 0.6 is 0 Å². The van der Waals surface area contributed by atoms with Gasteiger partial charge in [0, 0.05) is 18.3 Å². The second-order valence-electron chi connectivity index (χ2n) is 5.04. The van der Waals surface area contributed by atoms with Crippen LogP contribution in [0, 0.1) is 0 Å². The molecule has 5 nitrogen and oxygen atoms in total. The molecule has 0 heterocycles. The molecule has 1 aromatic carbocycles. The molecule has 1 aliphatic rings. The van der Waals surface area contributed by atoms with Gasteiger partial charge in [-0.15, -0.1) is 6.58 Å². The molecular formula is C15H22N2O3S. The molecule has 0 aliphatic heterocycles. The van der Waals surface area contributed by atoms with Crippen molar-refractivity contribution in [1.82, 2.24) is 4.72 Å². The Morgan fingerprint density at radius 2 is 1.95 bits per heavy atom. The predicted molar refractivity (Wildman–Crippen MR) is 83.9 cm³/mol. The molecule has 0 radical (unpaired) electrons. The van der Waals surface area contributed by atoms with E-state index in [1.165, 1.54) is 0 Å². The van der Waals surface area contributed by atoms with E-state index < -0.39 is 10.0 Å². The Kier molecular flexibility index (Phi) is 5.78. The van der Waals surface area contributed by atoms with E-state index in [0.717, 1.165) is 24.9 Å². The molecule has 2 rings (SSSR count). The van der Waals surface area contributed by atoms with Crippen molar-refractivity contribution >= 4 is 15.7 Å². The molecular weight excluding hydrogens is 288 g/mol. The maximum absolute atomic E-state index is 12.0. The van der Waals surface area contributed by atoms with Gasteiger partial charge in [0.05, 0.1) is 18.1 Å². The van der Waals surface area contributed by atoms with Crippen LogP contribution in [0.5, 0.6) is 0 Å². The molecule has 2 N–H and O–H groups in total. The lowest BCUT2D eigenvalue weighted by molar-refractivity contribution is 0.149. The molecule has 1 aliphatic carbocycles. The van der Waals surface area contributed by atoms with Crippen LogP contribution in [-0.4, -0.2) is 34.2 Å². The third kappa shape index (κ3) is 5.49. The summed E-state index contributed by atoms with van der Waals surface area (Å²) in [5.74, 6) is 0. The smallest absolute Gasteiger partial charge is 0.240 e. The van der Waals surface area contributed by atoms with Crippen molar-refractivity contribution in [2.45, 2.75) is 30.2 Å². The lowest BCUT2D eigenvalue weighted by atomic mass is 10.3. The summed E-state index contributed by atoms with van der Waals surface area (Å²) in [6.45, 7) is 5.59. The minimum atomic E-state index is -3.36. The van der Waals surface area contributed by atoms with Gasteiger partial charge in [0.1, 0.15) is 0 Å². The van der Waals surface area contributed by atoms with Crippen molar-refractivity contribution in [3.8, 4) is 0 Å². The predicted octanol–water partition coefficient (Wildman–Crippen LogP) is 2.13. The molecule has 6 heteroatoms. The normalized spacial score (nSPS) is 14.9. The Labute approximate surface area is 126 Å². The van der Waals surface area contributed by atoms with Crippen LogP contribution in [0.15, 0.2) is 41.8 Å². The number of nitrogens with one attached hydrogen (secondary N) is 2. The molecule has 0 spiro atoms. The highest BCUT2D eigenvalue weighted by Crippen LogP contribution is 2.22. The van der Waals surface area contributed by atoms with Crippen LogP contribution in [0.25, 0.3) is 0 Å². The SMILES string of the molecule is C=CCCOCCNc1ccc(S(=O)(=O)NC2CC2)cc1. The summed E-state index contributed by atoms with van der Waals surface area (Å²) in [7, 11) is -3.36. The summed E-state index contributed by atoms with van der Waals surface area (Å²) in [5, 5.41) is 3.19. The standard InChI is InChI=1S/C15H22N2O3S/c1-2-3-11-20-12-10-16-13-6-8-15(9-7-13)21(18,19)17-14-4-5-14/h2,6-9,14,16-17H,1,3-5,10-12H2. The molecule has 0 bridgehead atoms. The van der Waals surface area contributed by atoms with E-state index in [0.29, 0.717) is 24.7 Å². The van der Waals surface area contributed by atoms with Crippen LogP contribution in [0.1, 0.15) is 19.3 Å². The number of hydrogen-bond donors (Lipinski definition) is 2. The van der Waals surface area contributed by atoms with Crippen molar-refractivity contribution in [2.75, 3.05) is 25.1 Å². The Morgan fingerprint density at radius 1 is 1.24 bits per heavy atom. The summed E-state index contributed by atoms with van der Waals surface area (Å²) in [6, 6.07) is 6.90. The molecule has 0 amide bonds. The van der Waals surface area contributed by atoms with Gasteiger partial charge in [0.2, 0.25) is 10.0 Å². The van der Waals surface area contributed by atoms with E-state index in [1.54, 1.807) is 24.3 Å². The van der Waals surface area contributed by atoms with Crippen LogP contribution in [-0.2, 0) is 14.8 Å². The fraction of sp³-hybridized carbons (Fsp3) is 0.467. The van der Waals surface area contributed by atoms with Crippen molar-refractivity contribution in [1.29, 1.82) is 0 Å². The van der Waals surface area contributed by atoms with Gasteiger partial charge in [0.25, 0.3) is 0 Å². The second-order valence-corrected chi connectivity index (χ2v) is 6.75. The maximum Gasteiger partial charge on any atom is 0.240 e. The van der Waals surface area contributed by atoms with Gasteiger partial charge in [0.15, 0.2) is 0 Å². The highest BCUT2D eigenvalue weighted by Gasteiger charge is 2.27. The van der Waals surface area contributed by atoms with Crippen molar-refractivity contribution < 1.29 is 13.2 Å². The molecule has 21 heavy (non-hydrogen) atoms. The van der Waals surface area contributed by atoms with E-state index >= 15 is 0 Å². The fourth-order valence-electron chi connectivity index (χ4n) is 1.78. The quantitative estimate of drug-likeness (QED) is 0.513. The minimum absolute atomic E-state index is 0.125. The first-order valence-corrected chi connectivity index (χ1v) is 8.65. The summed E-state index contributed by atoms with van der Waals surface area (Å²) in [4.78, 5) is 0.308. The molecule has 1 saturated carbocycles. The van der Waals surface area contributed by atoms with Gasteiger partial charge >= 0.3 is 0 Å². The fourth-order valence-corrected chi connectivity index (χ4v) is 3.08. The third-order valence-electron chi connectivity index (χ3n) is 3.11.